The highest BCUT2D eigenvalue weighted by Crippen LogP contribution is 2.23. The lowest BCUT2D eigenvalue weighted by molar-refractivity contribution is -0.139. The number of nitrogens with zero attached hydrogens (tertiary/aromatic N) is 1. The number of benzene rings is 1. The van der Waals surface area contributed by atoms with Crippen molar-refractivity contribution in [1.29, 1.82) is 0 Å². The zero-order valence-corrected chi connectivity index (χ0v) is 12.3. The van der Waals surface area contributed by atoms with Crippen molar-refractivity contribution in [3.8, 4) is 0 Å². The van der Waals surface area contributed by atoms with Crippen LogP contribution in [0, 0.1) is 5.82 Å². The first-order chi connectivity index (χ1) is 11.0. The van der Waals surface area contributed by atoms with Crippen molar-refractivity contribution in [1.82, 2.24) is 4.90 Å². The molecule has 3 amide bonds. The molecule has 0 radical (unpaired) electrons. The Morgan fingerprint density at radius 3 is 2.35 bits per heavy atom. The van der Waals surface area contributed by atoms with Gasteiger partial charge in [0, 0.05) is 24.1 Å². The van der Waals surface area contributed by atoms with E-state index in [9.17, 15) is 18.8 Å². The first-order valence-electron chi connectivity index (χ1n) is 7.35. The van der Waals surface area contributed by atoms with Crippen molar-refractivity contribution in [2.75, 3.05) is 5.32 Å². The number of carbonyl (C=O) groups excluding carboxylic acids is 3. The van der Waals surface area contributed by atoms with E-state index < -0.39 is 0 Å². The Kier molecular flexibility index (Phi) is 4.06. The third-order valence-electron chi connectivity index (χ3n) is 3.86. The van der Waals surface area contributed by atoms with Gasteiger partial charge in [-0.2, -0.15) is 0 Å². The van der Waals surface area contributed by atoms with Crippen LogP contribution >= 0.6 is 0 Å². The molecule has 0 bridgehead atoms. The lowest BCUT2D eigenvalue weighted by Crippen LogP contribution is -2.38. The van der Waals surface area contributed by atoms with Crippen LogP contribution in [0.2, 0.25) is 0 Å². The smallest absolute Gasteiger partial charge is 0.255 e. The third-order valence-corrected chi connectivity index (χ3v) is 3.86. The van der Waals surface area contributed by atoms with Gasteiger partial charge in [0.2, 0.25) is 11.8 Å². The summed E-state index contributed by atoms with van der Waals surface area (Å²) in [5, 5.41) is 2.67. The van der Waals surface area contributed by atoms with Crippen molar-refractivity contribution in [2.24, 2.45) is 0 Å². The number of rotatable bonds is 3. The van der Waals surface area contributed by atoms with Crippen LogP contribution in [0.1, 0.15) is 19.3 Å². The second-order valence-electron chi connectivity index (χ2n) is 5.44. The first kappa shape index (κ1) is 15.1. The Labute approximate surface area is 132 Å². The van der Waals surface area contributed by atoms with Gasteiger partial charge < -0.3 is 5.32 Å². The molecule has 1 saturated heterocycles. The van der Waals surface area contributed by atoms with Crippen LogP contribution in [0.4, 0.5) is 10.1 Å². The zero-order chi connectivity index (χ0) is 16.4. The average molecular weight is 314 g/mol. The molecule has 0 spiro atoms. The summed E-state index contributed by atoms with van der Waals surface area (Å²) in [4.78, 5) is 36.8. The van der Waals surface area contributed by atoms with E-state index in [1.807, 2.05) is 0 Å². The summed E-state index contributed by atoms with van der Waals surface area (Å²) in [7, 11) is 0. The normalized spacial score (nSPS) is 20.7. The van der Waals surface area contributed by atoms with Crippen LogP contribution in [0.25, 0.3) is 0 Å². The maximum Gasteiger partial charge on any atom is 0.255 e. The molecule has 1 aromatic rings. The fraction of sp³-hybridized carbons (Fsp3) is 0.235. The molecule has 1 atom stereocenters. The highest BCUT2D eigenvalue weighted by atomic mass is 19.1. The Balaban J connectivity index is 1.64. The molecule has 0 aromatic heterocycles. The van der Waals surface area contributed by atoms with Gasteiger partial charge in [-0.15, -0.1) is 0 Å². The molecular weight excluding hydrogens is 299 g/mol. The lowest BCUT2D eigenvalue weighted by Gasteiger charge is -2.24. The predicted octanol–water partition coefficient (Wildman–Crippen LogP) is 2.17. The van der Waals surface area contributed by atoms with Gasteiger partial charge in [-0.1, -0.05) is 18.2 Å². The molecule has 0 saturated carbocycles. The third kappa shape index (κ3) is 3.21. The van der Waals surface area contributed by atoms with Gasteiger partial charge in [0.1, 0.15) is 5.82 Å². The van der Waals surface area contributed by atoms with Crippen LogP contribution in [0.5, 0.6) is 0 Å². The van der Waals surface area contributed by atoms with E-state index in [-0.39, 0.29) is 42.4 Å². The van der Waals surface area contributed by atoms with Crippen LogP contribution in [0.15, 0.2) is 48.1 Å². The van der Waals surface area contributed by atoms with Crippen LogP contribution in [-0.2, 0) is 14.4 Å². The fourth-order valence-corrected chi connectivity index (χ4v) is 2.67. The van der Waals surface area contributed by atoms with Crippen LogP contribution in [0.3, 0.4) is 0 Å². The Morgan fingerprint density at radius 2 is 1.78 bits per heavy atom. The molecule has 3 rings (SSSR count). The number of anilines is 1. The molecule has 1 fully saturated rings. The number of nitrogens with one attached hydrogen (secondary N) is 1. The predicted molar refractivity (Wildman–Crippen MR) is 81.7 cm³/mol. The second-order valence-corrected chi connectivity index (χ2v) is 5.44. The lowest BCUT2D eigenvalue weighted by atomic mass is 10.0. The second kappa shape index (κ2) is 6.16. The van der Waals surface area contributed by atoms with Crippen molar-refractivity contribution in [3.05, 3.63) is 53.9 Å². The molecule has 6 heteroatoms. The zero-order valence-electron chi connectivity index (χ0n) is 12.3. The average Bonchev–Trinajstić information content (AvgIpc) is 2.88. The minimum absolute atomic E-state index is 0.169. The summed E-state index contributed by atoms with van der Waals surface area (Å²) in [5.41, 5.74) is 0.947. The van der Waals surface area contributed by atoms with Crippen molar-refractivity contribution >= 4 is 23.4 Å². The Morgan fingerprint density at radius 1 is 1.13 bits per heavy atom. The van der Waals surface area contributed by atoms with Gasteiger partial charge in [-0.05, 0) is 30.7 Å². The molecule has 23 heavy (non-hydrogen) atoms. The summed E-state index contributed by atoms with van der Waals surface area (Å²) in [6.45, 7) is 0. The first-order valence-corrected chi connectivity index (χ1v) is 7.35. The van der Waals surface area contributed by atoms with Crippen molar-refractivity contribution < 1.29 is 18.8 Å². The highest BCUT2D eigenvalue weighted by molar-refractivity contribution is 6.06. The summed E-state index contributed by atoms with van der Waals surface area (Å²) in [6, 6.07) is 5.16. The van der Waals surface area contributed by atoms with Crippen molar-refractivity contribution in [3.63, 3.8) is 0 Å². The van der Waals surface area contributed by atoms with E-state index in [1.165, 1.54) is 29.2 Å². The summed E-state index contributed by atoms with van der Waals surface area (Å²) >= 11 is 0. The quantitative estimate of drug-likeness (QED) is 0.870. The number of amides is 3. The monoisotopic (exact) mass is 314 g/mol. The SMILES string of the molecule is O=C(Nc1ccc(F)cc1)C1=CC[C@@H](N2C(=O)CCC2=O)C=C1. The van der Waals surface area contributed by atoms with E-state index in [0.717, 1.165) is 0 Å². The minimum Gasteiger partial charge on any atom is -0.322 e. The van der Waals surface area contributed by atoms with E-state index in [0.29, 0.717) is 17.7 Å². The Bertz CT molecular complexity index is 706. The molecular formula is C17H15FN2O3. The molecule has 5 nitrogen and oxygen atoms in total. The van der Waals surface area contributed by atoms with E-state index in [4.69, 9.17) is 0 Å². The Hall–Kier alpha value is -2.76. The maximum absolute atomic E-state index is 12.8. The molecule has 1 aliphatic carbocycles. The van der Waals surface area contributed by atoms with E-state index >= 15 is 0 Å². The molecule has 2 aliphatic rings. The summed E-state index contributed by atoms with van der Waals surface area (Å²) < 4.78 is 12.8. The molecule has 1 N–H and O–H groups in total. The number of likely N-dealkylation sites (tertiary alicyclic amines) is 1. The van der Waals surface area contributed by atoms with Gasteiger partial charge in [-0.3, -0.25) is 19.3 Å². The van der Waals surface area contributed by atoms with Crippen molar-refractivity contribution in [2.45, 2.75) is 25.3 Å². The number of carbonyl (C=O) groups is 3. The van der Waals surface area contributed by atoms with Gasteiger partial charge in [0.05, 0.1) is 6.04 Å². The minimum atomic E-state index is -0.373. The van der Waals surface area contributed by atoms with Gasteiger partial charge in [-0.25, -0.2) is 4.39 Å². The maximum atomic E-state index is 12.8. The highest BCUT2D eigenvalue weighted by Gasteiger charge is 2.34. The van der Waals surface area contributed by atoms with Crippen LogP contribution < -0.4 is 5.32 Å². The van der Waals surface area contributed by atoms with E-state index in [1.54, 1.807) is 18.2 Å². The largest absolute Gasteiger partial charge is 0.322 e. The molecule has 0 unspecified atom stereocenters. The van der Waals surface area contributed by atoms with Crippen LogP contribution in [-0.4, -0.2) is 28.7 Å². The summed E-state index contributed by atoms with van der Waals surface area (Å²) in [5.74, 6) is -1.03. The number of halogens is 1. The van der Waals surface area contributed by atoms with Gasteiger partial charge in [0.25, 0.3) is 5.91 Å². The fourth-order valence-electron chi connectivity index (χ4n) is 2.67. The molecule has 1 aliphatic heterocycles. The number of hydrogen-bond donors (Lipinski definition) is 1. The topological polar surface area (TPSA) is 66.5 Å². The number of imide groups is 1. The molecule has 1 aromatic carbocycles. The van der Waals surface area contributed by atoms with E-state index in [2.05, 4.69) is 5.32 Å². The molecule has 1 heterocycles. The van der Waals surface area contributed by atoms with Gasteiger partial charge >= 0.3 is 0 Å². The number of hydrogen-bond acceptors (Lipinski definition) is 3. The molecule has 118 valence electrons. The van der Waals surface area contributed by atoms with Gasteiger partial charge in [0.15, 0.2) is 0 Å². The standard InChI is InChI=1S/C17H15FN2O3/c18-12-3-5-13(6-4-12)19-17(23)11-1-7-14(8-2-11)20-15(21)9-10-16(20)22/h1-7,14H,8-10H2,(H,19,23)/t14-/m0/s1. The summed E-state index contributed by atoms with van der Waals surface area (Å²) in [6.07, 6.45) is 5.92.